The van der Waals surface area contributed by atoms with Gasteiger partial charge in [0.25, 0.3) is 0 Å². The molecular formula is C22H20ClNO3. The van der Waals surface area contributed by atoms with Crippen molar-refractivity contribution in [1.29, 1.82) is 0 Å². The summed E-state index contributed by atoms with van der Waals surface area (Å²) in [5, 5.41) is 12.5. The normalized spacial score (nSPS) is 10.4. The largest absolute Gasteiger partial charge is 0.489 e. The number of carbonyl (C=O) groups is 1. The molecule has 2 N–H and O–H groups in total. The lowest BCUT2D eigenvalue weighted by Crippen LogP contribution is -2.02. The van der Waals surface area contributed by atoms with Crippen LogP contribution in [0.5, 0.6) is 5.75 Å². The van der Waals surface area contributed by atoms with Crippen molar-refractivity contribution in [3.8, 4) is 5.75 Å². The van der Waals surface area contributed by atoms with Gasteiger partial charge in [0.1, 0.15) is 12.4 Å². The fourth-order valence-corrected chi connectivity index (χ4v) is 2.90. The third-order valence-corrected chi connectivity index (χ3v) is 4.59. The van der Waals surface area contributed by atoms with E-state index in [0.29, 0.717) is 13.2 Å². The maximum absolute atomic E-state index is 11.0. The van der Waals surface area contributed by atoms with E-state index >= 15 is 0 Å². The van der Waals surface area contributed by atoms with Crippen LogP contribution in [-0.4, -0.2) is 11.1 Å². The van der Waals surface area contributed by atoms with Crippen molar-refractivity contribution < 1.29 is 14.6 Å². The molecule has 0 radical (unpaired) electrons. The molecule has 0 amide bonds. The van der Waals surface area contributed by atoms with Crippen molar-refractivity contribution in [2.45, 2.75) is 20.1 Å². The fraction of sp³-hybridized carbons (Fsp3) is 0.136. The summed E-state index contributed by atoms with van der Waals surface area (Å²) in [6.07, 6.45) is 0. The number of carboxylic acids is 1. The molecule has 0 fully saturated rings. The molecule has 3 aromatic carbocycles. The Hall–Kier alpha value is -2.98. The van der Waals surface area contributed by atoms with Crippen LogP contribution in [0.4, 0.5) is 5.69 Å². The number of ether oxygens (including phenoxy) is 1. The Morgan fingerprint density at radius 2 is 1.81 bits per heavy atom. The van der Waals surface area contributed by atoms with E-state index in [9.17, 15) is 4.79 Å². The summed E-state index contributed by atoms with van der Waals surface area (Å²) in [6, 6.07) is 20.8. The molecule has 0 aromatic heterocycles. The van der Waals surface area contributed by atoms with Crippen LogP contribution in [0.3, 0.4) is 0 Å². The van der Waals surface area contributed by atoms with Gasteiger partial charge in [0.15, 0.2) is 0 Å². The first-order valence-corrected chi connectivity index (χ1v) is 8.93. The van der Waals surface area contributed by atoms with Gasteiger partial charge in [-0.15, -0.1) is 0 Å². The van der Waals surface area contributed by atoms with E-state index in [-0.39, 0.29) is 10.6 Å². The molecule has 27 heavy (non-hydrogen) atoms. The number of nitrogens with one attached hydrogen (secondary N) is 1. The number of aryl methyl sites for hydroxylation is 1. The lowest BCUT2D eigenvalue weighted by molar-refractivity contribution is 0.0697. The van der Waals surface area contributed by atoms with Crippen molar-refractivity contribution in [2.24, 2.45) is 0 Å². The van der Waals surface area contributed by atoms with Crippen LogP contribution in [0.1, 0.15) is 27.0 Å². The lowest BCUT2D eigenvalue weighted by Gasteiger charge is -2.11. The van der Waals surface area contributed by atoms with Crippen LogP contribution in [0, 0.1) is 6.92 Å². The topological polar surface area (TPSA) is 58.6 Å². The number of carboxylic acid groups (broad SMARTS) is 1. The molecule has 0 aliphatic rings. The van der Waals surface area contributed by atoms with Crippen molar-refractivity contribution in [1.82, 2.24) is 0 Å². The minimum Gasteiger partial charge on any atom is -0.489 e. The van der Waals surface area contributed by atoms with Crippen molar-refractivity contribution >= 4 is 23.3 Å². The molecule has 3 aromatic rings. The van der Waals surface area contributed by atoms with Crippen molar-refractivity contribution in [2.75, 3.05) is 5.32 Å². The first-order valence-electron chi connectivity index (χ1n) is 8.56. The molecule has 0 saturated heterocycles. The predicted octanol–water partition coefficient (Wildman–Crippen LogP) is 5.54. The van der Waals surface area contributed by atoms with Gasteiger partial charge < -0.3 is 15.2 Å². The molecule has 0 aliphatic carbocycles. The Morgan fingerprint density at radius 1 is 1.07 bits per heavy atom. The summed E-state index contributed by atoms with van der Waals surface area (Å²) in [5.41, 5.74) is 4.33. The van der Waals surface area contributed by atoms with Gasteiger partial charge >= 0.3 is 5.97 Å². The van der Waals surface area contributed by atoms with E-state index in [1.54, 1.807) is 12.1 Å². The molecular weight excluding hydrogens is 362 g/mol. The Labute approximate surface area is 163 Å². The van der Waals surface area contributed by atoms with Gasteiger partial charge in [-0.25, -0.2) is 4.79 Å². The van der Waals surface area contributed by atoms with E-state index in [0.717, 1.165) is 17.0 Å². The molecule has 3 rings (SSSR count). The molecule has 4 nitrogen and oxygen atoms in total. The second-order valence-electron chi connectivity index (χ2n) is 6.21. The van der Waals surface area contributed by atoms with Crippen LogP contribution >= 0.6 is 11.6 Å². The molecule has 0 bridgehead atoms. The Kier molecular flexibility index (Phi) is 5.99. The summed E-state index contributed by atoms with van der Waals surface area (Å²) in [4.78, 5) is 11.0. The Balaban J connectivity index is 1.55. The summed E-state index contributed by atoms with van der Waals surface area (Å²) in [5.74, 6) is -0.219. The monoisotopic (exact) mass is 381 g/mol. The number of halogens is 1. The number of rotatable bonds is 7. The summed E-state index contributed by atoms with van der Waals surface area (Å²) >= 11 is 5.99. The van der Waals surface area contributed by atoms with Crippen LogP contribution in [-0.2, 0) is 13.2 Å². The molecule has 0 atom stereocenters. The minimum atomic E-state index is -1.03. The highest BCUT2D eigenvalue weighted by Crippen LogP contribution is 2.22. The van der Waals surface area contributed by atoms with Gasteiger partial charge in [0.2, 0.25) is 0 Å². The highest BCUT2D eigenvalue weighted by molar-refractivity contribution is 6.33. The minimum absolute atomic E-state index is 0.0948. The number of anilines is 1. The lowest BCUT2D eigenvalue weighted by atomic mass is 10.1. The summed E-state index contributed by atoms with van der Waals surface area (Å²) in [6.45, 7) is 3.21. The van der Waals surface area contributed by atoms with E-state index in [1.165, 1.54) is 17.2 Å². The van der Waals surface area contributed by atoms with Crippen molar-refractivity contribution in [3.63, 3.8) is 0 Å². The van der Waals surface area contributed by atoms with E-state index in [2.05, 4.69) is 24.4 Å². The first kappa shape index (κ1) is 18.8. The highest BCUT2D eigenvalue weighted by Gasteiger charge is 2.08. The average molecular weight is 382 g/mol. The van der Waals surface area contributed by atoms with Gasteiger partial charge in [-0.3, -0.25) is 0 Å². The zero-order valence-corrected chi connectivity index (χ0v) is 15.7. The average Bonchev–Trinajstić information content (AvgIpc) is 2.66. The quantitative estimate of drug-likeness (QED) is 0.564. The molecule has 0 spiro atoms. The maximum Gasteiger partial charge on any atom is 0.337 e. The smallest absolute Gasteiger partial charge is 0.337 e. The SMILES string of the molecule is Cc1ccccc1COc1ccc(CNc2ccc(C(=O)O)c(Cl)c2)cc1. The Morgan fingerprint density at radius 3 is 2.48 bits per heavy atom. The zero-order valence-electron chi connectivity index (χ0n) is 14.9. The summed E-state index contributed by atoms with van der Waals surface area (Å²) in [7, 11) is 0. The molecule has 0 aliphatic heterocycles. The van der Waals surface area contributed by atoms with Gasteiger partial charge in [-0.2, -0.15) is 0 Å². The molecule has 0 heterocycles. The van der Waals surface area contributed by atoms with Crippen LogP contribution in [0.25, 0.3) is 0 Å². The summed E-state index contributed by atoms with van der Waals surface area (Å²) < 4.78 is 5.85. The van der Waals surface area contributed by atoms with Crippen LogP contribution < -0.4 is 10.1 Å². The van der Waals surface area contributed by atoms with Crippen molar-refractivity contribution in [3.05, 3.63) is 94.0 Å². The third-order valence-electron chi connectivity index (χ3n) is 4.28. The van der Waals surface area contributed by atoms with Crippen LogP contribution in [0.2, 0.25) is 5.02 Å². The van der Waals surface area contributed by atoms with Gasteiger partial charge in [-0.1, -0.05) is 48.0 Å². The molecule has 0 saturated carbocycles. The second kappa shape index (κ2) is 8.60. The van der Waals surface area contributed by atoms with Crippen LogP contribution in [0.15, 0.2) is 66.7 Å². The second-order valence-corrected chi connectivity index (χ2v) is 6.62. The zero-order chi connectivity index (χ0) is 19.2. The Bertz CT molecular complexity index is 939. The standard InChI is InChI=1S/C22H20ClNO3/c1-15-4-2-3-5-17(15)14-27-19-9-6-16(7-10-19)13-24-18-8-11-20(22(25)26)21(23)12-18/h2-12,24H,13-14H2,1H3,(H,25,26). The number of hydrogen-bond donors (Lipinski definition) is 2. The van der Waals surface area contributed by atoms with E-state index in [1.807, 2.05) is 36.4 Å². The highest BCUT2D eigenvalue weighted by atomic mass is 35.5. The molecule has 138 valence electrons. The fourth-order valence-electron chi connectivity index (χ4n) is 2.64. The molecule has 5 heteroatoms. The van der Waals surface area contributed by atoms with E-state index < -0.39 is 5.97 Å². The predicted molar refractivity (Wildman–Crippen MR) is 108 cm³/mol. The number of benzene rings is 3. The van der Waals surface area contributed by atoms with Gasteiger partial charge in [-0.05, 0) is 53.9 Å². The van der Waals surface area contributed by atoms with Gasteiger partial charge in [0.05, 0.1) is 10.6 Å². The maximum atomic E-state index is 11.0. The number of aromatic carboxylic acids is 1. The van der Waals surface area contributed by atoms with Gasteiger partial charge in [0, 0.05) is 12.2 Å². The molecule has 0 unspecified atom stereocenters. The number of hydrogen-bond acceptors (Lipinski definition) is 3. The first-order chi connectivity index (χ1) is 13.0. The van der Waals surface area contributed by atoms with E-state index in [4.69, 9.17) is 21.4 Å². The third kappa shape index (κ3) is 5.02.